The first-order valence-electron chi connectivity index (χ1n) is 5.70. The fourth-order valence-electron chi connectivity index (χ4n) is 1.72. The zero-order valence-corrected chi connectivity index (χ0v) is 9.76. The molecule has 0 saturated carbocycles. The number of pyridine rings is 1. The molecule has 4 N–H and O–H groups in total. The first-order valence-corrected chi connectivity index (χ1v) is 5.70. The van der Waals surface area contributed by atoms with Crippen LogP contribution in [0.4, 0.5) is 11.5 Å². The molecule has 1 aromatic rings. The molecule has 0 amide bonds. The van der Waals surface area contributed by atoms with E-state index in [1.54, 1.807) is 12.1 Å². The molecule has 0 atom stereocenters. The molecule has 0 bridgehead atoms. The van der Waals surface area contributed by atoms with Gasteiger partial charge in [-0.3, -0.25) is 4.90 Å². The van der Waals surface area contributed by atoms with Crippen LogP contribution < -0.4 is 16.2 Å². The molecule has 6 heteroatoms. The van der Waals surface area contributed by atoms with Crippen LogP contribution in [0.15, 0.2) is 12.1 Å². The van der Waals surface area contributed by atoms with E-state index in [-0.39, 0.29) is 0 Å². The highest BCUT2D eigenvalue weighted by atomic mass is 16.5. The molecule has 1 saturated heterocycles. The van der Waals surface area contributed by atoms with Gasteiger partial charge < -0.3 is 20.9 Å². The second-order valence-electron chi connectivity index (χ2n) is 3.97. The van der Waals surface area contributed by atoms with Gasteiger partial charge in [-0.1, -0.05) is 0 Å². The van der Waals surface area contributed by atoms with Gasteiger partial charge in [0, 0.05) is 37.5 Å². The van der Waals surface area contributed by atoms with Crippen molar-refractivity contribution in [3.8, 4) is 5.88 Å². The number of ether oxygens (including phenoxy) is 2. The molecule has 0 spiro atoms. The van der Waals surface area contributed by atoms with Gasteiger partial charge in [-0.15, -0.1) is 0 Å². The predicted octanol–water partition coefficient (Wildman–Crippen LogP) is -0.0430. The topological polar surface area (TPSA) is 86.6 Å². The maximum Gasteiger partial charge on any atom is 0.217 e. The standard InChI is InChI=1S/C11H18N4O2/c12-9-7-10(13)14-11(8-9)17-6-3-15-1-4-16-5-2-15/h7-8H,1-6H2,(H4,12,13,14). The van der Waals surface area contributed by atoms with E-state index in [0.717, 1.165) is 32.8 Å². The van der Waals surface area contributed by atoms with Crippen molar-refractivity contribution in [2.75, 3.05) is 50.9 Å². The van der Waals surface area contributed by atoms with Crippen LogP contribution in [-0.4, -0.2) is 49.3 Å². The molecule has 0 aromatic carbocycles. The third kappa shape index (κ3) is 3.76. The van der Waals surface area contributed by atoms with Gasteiger partial charge in [-0.05, 0) is 0 Å². The lowest BCUT2D eigenvalue weighted by atomic mass is 10.4. The lowest BCUT2D eigenvalue weighted by molar-refractivity contribution is 0.0320. The summed E-state index contributed by atoms with van der Waals surface area (Å²) in [4.78, 5) is 6.34. The Hall–Kier alpha value is -1.53. The Kier molecular flexibility index (Phi) is 4.00. The van der Waals surface area contributed by atoms with E-state index in [1.807, 2.05) is 0 Å². The van der Waals surface area contributed by atoms with Gasteiger partial charge in [0.15, 0.2) is 0 Å². The molecule has 94 valence electrons. The molecule has 1 aliphatic rings. The predicted molar refractivity (Wildman–Crippen MR) is 65.8 cm³/mol. The number of morpholine rings is 1. The summed E-state index contributed by atoms with van der Waals surface area (Å²) in [6.07, 6.45) is 0. The smallest absolute Gasteiger partial charge is 0.217 e. The van der Waals surface area contributed by atoms with Crippen LogP contribution in [0.2, 0.25) is 0 Å². The molecule has 6 nitrogen and oxygen atoms in total. The van der Waals surface area contributed by atoms with Crippen LogP contribution in [0.5, 0.6) is 5.88 Å². The summed E-state index contributed by atoms with van der Waals surface area (Å²) in [7, 11) is 0. The number of anilines is 2. The third-order valence-corrected chi connectivity index (χ3v) is 2.61. The van der Waals surface area contributed by atoms with Crippen molar-refractivity contribution in [1.29, 1.82) is 0 Å². The maximum absolute atomic E-state index is 5.65. The van der Waals surface area contributed by atoms with E-state index < -0.39 is 0 Å². The highest BCUT2D eigenvalue weighted by Crippen LogP contribution is 2.15. The SMILES string of the molecule is Nc1cc(N)nc(OCCN2CCOCC2)c1. The highest BCUT2D eigenvalue weighted by Gasteiger charge is 2.10. The van der Waals surface area contributed by atoms with E-state index in [2.05, 4.69) is 9.88 Å². The van der Waals surface area contributed by atoms with Gasteiger partial charge in [0.2, 0.25) is 5.88 Å². The summed E-state index contributed by atoms with van der Waals surface area (Å²) in [6.45, 7) is 4.94. The summed E-state index contributed by atoms with van der Waals surface area (Å²) >= 11 is 0. The summed E-state index contributed by atoms with van der Waals surface area (Å²) in [6, 6.07) is 3.28. The van der Waals surface area contributed by atoms with Gasteiger partial charge in [0.1, 0.15) is 12.4 Å². The lowest BCUT2D eigenvalue weighted by Gasteiger charge is -2.26. The molecule has 2 rings (SSSR count). The fraction of sp³-hybridized carbons (Fsp3) is 0.545. The average Bonchev–Trinajstić information content (AvgIpc) is 2.29. The van der Waals surface area contributed by atoms with Crippen molar-refractivity contribution in [3.63, 3.8) is 0 Å². The first kappa shape index (κ1) is 11.9. The van der Waals surface area contributed by atoms with Crippen LogP contribution in [0.1, 0.15) is 0 Å². The van der Waals surface area contributed by atoms with Gasteiger partial charge in [0.25, 0.3) is 0 Å². The highest BCUT2D eigenvalue weighted by molar-refractivity contribution is 5.49. The molecule has 0 radical (unpaired) electrons. The molecule has 0 aliphatic carbocycles. The number of hydrogen-bond acceptors (Lipinski definition) is 6. The number of nitrogens with two attached hydrogens (primary N) is 2. The number of aromatic nitrogens is 1. The van der Waals surface area contributed by atoms with Gasteiger partial charge >= 0.3 is 0 Å². The van der Waals surface area contributed by atoms with Crippen molar-refractivity contribution in [2.24, 2.45) is 0 Å². The summed E-state index contributed by atoms with van der Waals surface area (Å²) < 4.78 is 10.8. The van der Waals surface area contributed by atoms with E-state index >= 15 is 0 Å². The van der Waals surface area contributed by atoms with Crippen molar-refractivity contribution >= 4 is 11.5 Å². The number of nitrogen functional groups attached to an aromatic ring is 2. The maximum atomic E-state index is 5.65. The van der Waals surface area contributed by atoms with Gasteiger partial charge in [-0.2, -0.15) is 4.98 Å². The minimum Gasteiger partial charge on any atom is -0.476 e. The lowest BCUT2D eigenvalue weighted by Crippen LogP contribution is -2.38. The van der Waals surface area contributed by atoms with E-state index in [0.29, 0.717) is 24.0 Å². The molecule has 1 aromatic heterocycles. The third-order valence-electron chi connectivity index (χ3n) is 2.61. The molecule has 0 unspecified atom stereocenters. The Morgan fingerprint density at radius 3 is 2.76 bits per heavy atom. The summed E-state index contributed by atoms with van der Waals surface area (Å²) in [5, 5.41) is 0. The monoisotopic (exact) mass is 238 g/mol. The molecule has 2 heterocycles. The van der Waals surface area contributed by atoms with Crippen molar-refractivity contribution < 1.29 is 9.47 Å². The Bertz CT molecular complexity index is 346. The van der Waals surface area contributed by atoms with E-state index in [1.165, 1.54) is 0 Å². The Labute approximate surface area is 101 Å². The fourth-order valence-corrected chi connectivity index (χ4v) is 1.72. The number of nitrogens with zero attached hydrogens (tertiary/aromatic N) is 2. The zero-order chi connectivity index (χ0) is 12.1. The molecule has 17 heavy (non-hydrogen) atoms. The Morgan fingerprint density at radius 2 is 2.06 bits per heavy atom. The van der Waals surface area contributed by atoms with Crippen molar-refractivity contribution in [2.45, 2.75) is 0 Å². The van der Waals surface area contributed by atoms with Crippen LogP contribution >= 0.6 is 0 Å². The average molecular weight is 238 g/mol. The minimum atomic E-state index is 0.381. The molecule has 1 aliphatic heterocycles. The minimum absolute atomic E-state index is 0.381. The first-order chi connectivity index (χ1) is 8.24. The molecular formula is C11H18N4O2. The van der Waals surface area contributed by atoms with E-state index in [9.17, 15) is 0 Å². The number of hydrogen-bond donors (Lipinski definition) is 2. The van der Waals surface area contributed by atoms with Crippen LogP contribution in [0.25, 0.3) is 0 Å². The van der Waals surface area contributed by atoms with Crippen molar-refractivity contribution in [3.05, 3.63) is 12.1 Å². The van der Waals surface area contributed by atoms with Gasteiger partial charge in [0.05, 0.1) is 13.2 Å². The van der Waals surface area contributed by atoms with Crippen LogP contribution in [0.3, 0.4) is 0 Å². The Balaban J connectivity index is 1.77. The summed E-state index contributed by atoms with van der Waals surface area (Å²) in [5.41, 5.74) is 11.8. The van der Waals surface area contributed by atoms with Crippen LogP contribution in [0, 0.1) is 0 Å². The Morgan fingerprint density at radius 1 is 1.29 bits per heavy atom. The largest absolute Gasteiger partial charge is 0.476 e. The molecular weight excluding hydrogens is 220 g/mol. The second kappa shape index (κ2) is 5.70. The van der Waals surface area contributed by atoms with Crippen LogP contribution in [-0.2, 0) is 4.74 Å². The van der Waals surface area contributed by atoms with Crippen molar-refractivity contribution in [1.82, 2.24) is 9.88 Å². The van der Waals surface area contributed by atoms with Gasteiger partial charge in [-0.25, -0.2) is 0 Å². The zero-order valence-electron chi connectivity index (χ0n) is 9.76. The summed E-state index contributed by atoms with van der Waals surface area (Å²) in [5.74, 6) is 0.863. The van der Waals surface area contributed by atoms with E-state index in [4.69, 9.17) is 20.9 Å². The second-order valence-corrected chi connectivity index (χ2v) is 3.97. The normalized spacial score (nSPS) is 16.9. The molecule has 1 fully saturated rings. The quantitative estimate of drug-likeness (QED) is 0.765. The number of rotatable bonds is 4.